The predicted octanol–water partition coefficient (Wildman–Crippen LogP) is 1.17. The average Bonchev–Trinajstić information content (AvgIpc) is 2.52. The normalized spacial score (nSPS) is 10.6. The lowest BCUT2D eigenvalue weighted by Crippen LogP contribution is -2.20. The summed E-state index contributed by atoms with van der Waals surface area (Å²) in [5, 5.41) is 0.867. The van der Waals surface area contributed by atoms with Crippen LogP contribution in [0, 0.1) is 13.8 Å². The number of nitrogens with two attached hydrogens (primary N) is 1. The zero-order valence-electron chi connectivity index (χ0n) is 8.98. The highest BCUT2D eigenvalue weighted by Gasteiger charge is 2.13. The molecule has 0 unspecified atom stereocenters. The highest BCUT2D eigenvalue weighted by molar-refractivity contribution is 7.18. The van der Waals surface area contributed by atoms with Gasteiger partial charge >= 0.3 is 0 Å². The zero-order chi connectivity index (χ0) is 11.7. The van der Waals surface area contributed by atoms with E-state index in [1.807, 2.05) is 13.8 Å². The first kappa shape index (κ1) is 10.8. The number of hydrogen-bond acceptors (Lipinski definition) is 5. The van der Waals surface area contributed by atoms with Crippen LogP contribution >= 0.6 is 11.3 Å². The molecule has 0 bridgehead atoms. The largest absolute Gasteiger partial charge is 0.467 e. The van der Waals surface area contributed by atoms with Crippen molar-refractivity contribution in [3.63, 3.8) is 0 Å². The third-order valence-electron chi connectivity index (χ3n) is 2.28. The number of thiophene rings is 1. The van der Waals surface area contributed by atoms with Crippen LogP contribution in [0.15, 0.2) is 6.33 Å². The summed E-state index contributed by atoms with van der Waals surface area (Å²) in [6.45, 7) is 3.83. The molecule has 0 atom stereocenters. The topological polar surface area (TPSA) is 78.1 Å². The Labute approximate surface area is 96.3 Å². The quantitative estimate of drug-likeness (QED) is 0.869. The van der Waals surface area contributed by atoms with Gasteiger partial charge in [-0.25, -0.2) is 9.97 Å². The maximum Gasteiger partial charge on any atom is 0.255 e. The van der Waals surface area contributed by atoms with Gasteiger partial charge in [-0.1, -0.05) is 0 Å². The molecule has 0 saturated heterocycles. The molecule has 16 heavy (non-hydrogen) atoms. The number of primary amides is 1. The van der Waals surface area contributed by atoms with Crippen molar-refractivity contribution in [2.75, 3.05) is 6.61 Å². The first-order valence-corrected chi connectivity index (χ1v) is 5.53. The van der Waals surface area contributed by atoms with Crippen molar-refractivity contribution in [1.82, 2.24) is 9.97 Å². The Kier molecular flexibility index (Phi) is 2.74. The van der Waals surface area contributed by atoms with Gasteiger partial charge in [0, 0.05) is 4.88 Å². The van der Waals surface area contributed by atoms with Gasteiger partial charge in [-0.15, -0.1) is 11.3 Å². The number of ether oxygens (including phenoxy) is 1. The molecule has 0 aliphatic rings. The molecular formula is C10H11N3O2S. The van der Waals surface area contributed by atoms with Crippen molar-refractivity contribution in [2.45, 2.75) is 13.8 Å². The van der Waals surface area contributed by atoms with Crippen LogP contribution < -0.4 is 10.5 Å². The second-order valence-corrected chi connectivity index (χ2v) is 4.60. The summed E-state index contributed by atoms with van der Waals surface area (Å²) < 4.78 is 5.26. The molecule has 0 spiro atoms. The van der Waals surface area contributed by atoms with Crippen LogP contribution in [0.2, 0.25) is 0 Å². The fourth-order valence-electron chi connectivity index (χ4n) is 1.40. The summed E-state index contributed by atoms with van der Waals surface area (Å²) in [5.41, 5.74) is 6.11. The number of hydrogen-bond donors (Lipinski definition) is 1. The molecule has 84 valence electrons. The maximum absolute atomic E-state index is 10.7. The van der Waals surface area contributed by atoms with Gasteiger partial charge in [0.2, 0.25) is 5.88 Å². The van der Waals surface area contributed by atoms with Gasteiger partial charge in [0.1, 0.15) is 11.2 Å². The molecular weight excluding hydrogens is 226 g/mol. The van der Waals surface area contributed by atoms with Gasteiger partial charge < -0.3 is 10.5 Å². The van der Waals surface area contributed by atoms with Crippen molar-refractivity contribution >= 4 is 27.5 Å². The highest BCUT2D eigenvalue weighted by atomic mass is 32.1. The second-order valence-electron chi connectivity index (χ2n) is 3.40. The summed E-state index contributed by atoms with van der Waals surface area (Å²) in [6.07, 6.45) is 1.42. The fourth-order valence-corrected chi connectivity index (χ4v) is 2.39. The first-order chi connectivity index (χ1) is 7.59. The minimum absolute atomic E-state index is 0.166. The van der Waals surface area contributed by atoms with E-state index in [0.717, 1.165) is 15.8 Å². The Balaban J connectivity index is 2.48. The van der Waals surface area contributed by atoms with E-state index in [9.17, 15) is 4.79 Å². The zero-order valence-corrected chi connectivity index (χ0v) is 9.80. The van der Waals surface area contributed by atoms with Crippen molar-refractivity contribution in [1.29, 1.82) is 0 Å². The number of nitrogens with zero attached hydrogens (tertiary/aromatic N) is 2. The first-order valence-electron chi connectivity index (χ1n) is 4.71. The SMILES string of the molecule is Cc1sc2ncnc(OCC(N)=O)c2c1C. The molecule has 0 radical (unpaired) electrons. The van der Waals surface area contributed by atoms with Gasteiger partial charge in [-0.2, -0.15) is 0 Å². The summed E-state index contributed by atoms with van der Waals surface area (Å²) in [5.74, 6) is -0.0954. The average molecular weight is 237 g/mol. The van der Waals surface area contributed by atoms with Crippen molar-refractivity contribution < 1.29 is 9.53 Å². The van der Waals surface area contributed by atoms with E-state index < -0.39 is 5.91 Å². The Morgan fingerprint density at radius 3 is 2.94 bits per heavy atom. The van der Waals surface area contributed by atoms with Crippen LogP contribution in [0.4, 0.5) is 0 Å². The molecule has 2 aromatic heterocycles. The standard InChI is InChI=1S/C10H11N3O2S/c1-5-6(2)16-10-8(5)9(12-4-13-10)15-3-7(11)14/h4H,3H2,1-2H3,(H2,11,14). The molecule has 1 amide bonds. The number of aromatic nitrogens is 2. The summed E-state index contributed by atoms with van der Waals surface area (Å²) in [7, 11) is 0. The minimum atomic E-state index is -0.517. The molecule has 0 aliphatic carbocycles. The van der Waals surface area contributed by atoms with Crippen LogP contribution in [0.25, 0.3) is 10.2 Å². The smallest absolute Gasteiger partial charge is 0.255 e. The Morgan fingerprint density at radius 1 is 1.50 bits per heavy atom. The van der Waals surface area contributed by atoms with Gasteiger partial charge in [0.25, 0.3) is 5.91 Å². The van der Waals surface area contributed by atoms with Gasteiger partial charge in [-0.05, 0) is 19.4 Å². The number of amides is 1. The molecule has 0 saturated carbocycles. The summed E-state index contributed by atoms with van der Waals surface area (Å²) in [4.78, 5) is 20.9. The molecule has 6 heteroatoms. The highest BCUT2D eigenvalue weighted by Crippen LogP contribution is 2.33. The van der Waals surface area contributed by atoms with Crippen molar-refractivity contribution in [2.24, 2.45) is 5.73 Å². The van der Waals surface area contributed by atoms with E-state index in [1.54, 1.807) is 11.3 Å². The lowest BCUT2D eigenvalue weighted by molar-refractivity contribution is -0.120. The van der Waals surface area contributed by atoms with E-state index in [-0.39, 0.29) is 6.61 Å². The minimum Gasteiger partial charge on any atom is -0.467 e. The molecule has 2 N–H and O–H groups in total. The number of fused-ring (bicyclic) bond motifs is 1. The van der Waals surface area contributed by atoms with Gasteiger partial charge in [0.05, 0.1) is 5.39 Å². The van der Waals surface area contributed by atoms with E-state index in [2.05, 4.69) is 9.97 Å². The Morgan fingerprint density at radius 2 is 2.25 bits per heavy atom. The summed E-state index contributed by atoms with van der Waals surface area (Å²) >= 11 is 1.58. The van der Waals surface area contributed by atoms with E-state index >= 15 is 0 Å². The number of aryl methyl sites for hydroxylation is 2. The van der Waals surface area contributed by atoms with Gasteiger partial charge in [-0.3, -0.25) is 4.79 Å². The Bertz CT molecular complexity index is 550. The lowest BCUT2D eigenvalue weighted by Gasteiger charge is -2.03. The number of carbonyl (C=O) groups excluding carboxylic acids is 1. The molecule has 0 fully saturated rings. The molecule has 2 rings (SSSR count). The Hall–Kier alpha value is -1.69. The van der Waals surface area contributed by atoms with Crippen LogP contribution in [-0.2, 0) is 4.79 Å². The fraction of sp³-hybridized carbons (Fsp3) is 0.300. The van der Waals surface area contributed by atoms with Crippen LogP contribution in [0.1, 0.15) is 10.4 Å². The molecule has 0 aliphatic heterocycles. The molecule has 2 aromatic rings. The lowest BCUT2D eigenvalue weighted by atomic mass is 10.2. The van der Waals surface area contributed by atoms with Crippen LogP contribution in [0.5, 0.6) is 5.88 Å². The summed E-state index contributed by atoms with van der Waals surface area (Å²) in [6, 6.07) is 0. The molecule has 0 aromatic carbocycles. The van der Waals surface area contributed by atoms with E-state index in [1.165, 1.54) is 11.2 Å². The van der Waals surface area contributed by atoms with E-state index in [4.69, 9.17) is 10.5 Å². The van der Waals surface area contributed by atoms with E-state index in [0.29, 0.717) is 5.88 Å². The van der Waals surface area contributed by atoms with Crippen molar-refractivity contribution in [3.05, 3.63) is 16.8 Å². The van der Waals surface area contributed by atoms with Gasteiger partial charge in [0.15, 0.2) is 6.61 Å². The number of carbonyl (C=O) groups is 1. The van der Waals surface area contributed by atoms with Crippen LogP contribution in [0.3, 0.4) is 0 Å². The second kappa shape index (κ2) is 4.05. The molecule has 5 nitrogen and oxygen atoms in total. The molecule has 2 heterocycles. The monoisotopic (exact) mass is 237 g/mol. The third-order valence-corrected chi connectivity index (χ3v) is 3.40. The number of rotatable bonds is 3. The van der Waals surface area contributed by atoms with Crippen LogP contribution in [-0.4, -0.2) is 22.5 Å². The third kappa shape index (κ3) is 1.83. The van der Waals surface area contributed by atoms with Crippen molar-refractivity contribution in [3.8, 4) is 5.88 Å². The predicted molar refractivity (Wildman–Crippen MR) is 61.6 cm³/mol. The maximum atomic E-state index is 10.7.